The maximum Gasteiger partial charge on any atom is 0.255 e. The minimum absolute atomic E-state index is 0.0602. The van der Waals surface area contributed by atoms with E-state index < -0.39 is 11.7 Å². The predicted octanol–water partition coefficient (Wildman–Crippen LogP) is 3.30. The Labute approximate surface area is 151 Å². The van der Waals surface area contributed by atoms with Crippen LogP contribution in [-0.2, 0) is 11.2 Å². The Morgan fingerprint density at radius 2 is 1.80 bits per heavy atom. The number of hydrogen-bond donors (Lipinski definition) is 1. The van der Waals surface area contributed by atoms with Crippen LogP contribution < -0.4 is 5.32 Å². The molecule has 0 saturated heterocycles. The van der Waals surface area contributed by atoms with E-state index in [9.17, 15) is 14.0 Å². The first-order valence-electron chi connectivity index (χ1n) is 8.00. The lowest BCUT2D eigenvalue weighted by molar-refractivity contribution is -0.128. The molecule has 4 nitrogen and oxygen atoms in total. The van der Waals surface area contributed by atoms with Crippen LogP contribution in [0.2, 0.25) is 5.02 Å². The number of carbonyl (C=O) groups excluding carboxylic acids is 2. The molecule has 2 amide bonds. The third-order valence-corrected chi connectivity index (χ3v) is 4.13. The second-order valence-electron chi connectivity index (χ2n) is 5.59. The van der Waals surface area contributed by atoms with Gasteiger partial charge < -0.3 is 10.2 Å². The van der Waals surface area contributed by atoms with Gasteiger partial charge in [-0.25, -0.2) is 4.39 Å². The minimum Gasteiger partial charge on any atom is -0.350 e. The van der Waals surface area contributed by atoms with Crippen molar-refractivity contribution in [2.24, 2.45) is 0 Å². The van der Waals surface area contributed by atoms with Gasteiger partial charge in [0.2, 0.25) is 5.91 Å². The number of nitrogens with zero attached hydrogens (tertiary/aromatic N) is 1. The van der Waals surface area contributed by atoms with Crippen molar-refractivity contribution in [1.82, 2.24) is 10.2 Å². The molecule has 2 rings (SSSR count). The maximum atomic E-state index is 13.7. The van der Waals surface area contributed by atoms with E-state index >= 15 is 0 Å². The molecule has 2 aromatic rings. The molecule has 0 aliphatic heterocycles. The molecule has 0 atom stereocenters. The molecular weight excluding hydrogens is 343 g/mol. The summed E-state index contributed by atoms with van der Waals surface area (Å²) in [5, 5.41) is 2.67. The molecule has 0 spiro atoms. The minimum atomic E-state index is -0.669. The van der Waals surface area contributed by atoms with E-state index in [1.54, 1.807) is 4.90 Å². The van der Waals surface area contributed by atoms with E-state index in [1.165, 1.54) is 25.1 Å². The zero-order valence-corrected chi connectivity index (χ0v) is 14.7. The molecule has 0 heterocycles. The monoisotopic (exact) mass is 362 g/mol. The maximum absolute atomic E-state index is 13.7. The first-order chi connectivity index (χ1) is 12.0. The molecule has 0 radical (unpaired) electrons. The van der Waals surface area contributed by atoms with Gasteiger partial charge in [-0.1, -0.05) is 48.0 Å². The fourth-order valence-electron chi connectivity index (χ4n) is 2.44. The summed E-state index contributed by atoms with van der Waals surface area (Å²) in [6.07, 6.45) is 0.730. The fourth-order valence-corrected chi connectivity index (χ4v) is 2.69. The van der Waals surface area contributed by atoms with Crippen LogP contribution in [0.1, 0.15) is 22.8 Å². The first-order valence-corrected chi connectivity index (χ1v) is 8.38. The first kappa shape index (κ1) is 18.9. The SMILES string of the molecule is CC(=O)N(CCNC(=O)c1c(F)cccc1Cl)CCc1ccccc1. The number of halogens is 2. The van der Waals surface area contributed by atoms with Gasteiger partial charge in [0.15, 0.2) is 0 Å². The highest BCUT2D eigenvalue weighted by Crippen LogP contribution is 2.18. The summed E-state index contributed by atoms with van der Waals surface area (Å²) in [7, 11) is 0. The second-order valence-corrected chi connectivity index (χ2v) is 6.00. The van der Waals surface area contributed by atoms with Crippen LogP contribution in [0.4, 0.5) is 4.39 Å². The molecule has 1 N–H and O–H groups in total. The van der Waals surface area contributed by atoms with Crippen molar-refractivity contribution in [3.8, 4) is 0 Å². The van der Waals surface area contributed by atoms with E-state index in [2.05, 4.69) is 5.32 Å². The standard InChI is InChI=1S/C19H20ClFN2O2/c1-14(24)23(12-10-15-6-3-2-4-7-15)13-11-22-19(25)18-16(20)8-5-9-17(18)21/h2-9H,10-13H2,1H3,(H,22,25). The molecule has 25 heavy (non-hydrogen) atoms. The van der Waals surface area contributed by atoms with Gasteiger partial charge in [0, 0.05) is 26.6 Å². The highest BCUT2D eigenvalue weighted by atomic mass is 35.5. The Balaban J connectivity index is 1.87. The predicted molar refractivity (Wildman–Crippen MR) is 96.1 cm³/mol. The number of amides is 2. The van der Waals surface area contributed by atoms with Crippen LogP contribution in [0.25, 0.3) is 0 Å². The highest BCUT2D eigenvalue weighted by Gasteiger charge is 2.16. The molecule has 0 saturated carbocycles. The van der Waals surface area contributed by atoms with Crippen molar-refractivity contribution in [3.63, 3.8) is 0 Å². The fraction of sp³-hybridized carbons (Fsp3) is 0.263. The van der Waals surface area contributed by atoms with Crippen molar-refractivity contribution in [3.05, 3.63) is 70.5 Å². The Bertz CT molecular complexity index is 717. The van der Waals surface area contributed by atoms with Crippen LogP contribution in [0.5, 0.6) is 0 Å². The molecule has 0 aliphatic rings. The summed E-state index contributed by atoms with van der Waals surface area (Å²) in [5.41, 5.74) is 0.957. The molecule has 0 fully saturated rings. The topological polar surface area (TPSA) is 49.4 Å². The van der Waals surface area contributed by atoms with Crippen molar-refractivity contribution in [1.29, 1.82) is 0 Å². The number of carbonyl (C=O) groups is 2. The molecule has 0 unspecified atom stereocenters. The van der Waals surface area contributed by atoms with Crippen molar-refractivity contribution in [2.75, 3.05) is 19.6 Å². The molecule has 0 bridgehead atoms. The summed E-state index contributed by atoms with van der Waals surface area (Å²) < 4.78 is 13.7. The highest BCUT2D eigenvalue weighted by molar-refractivity contribution is 6.33. The lowest BCUT2D eigenvalue weighted by atomic mass is 10.1. The number of hydrogen-bond acceptors (Lipinski definition) is 2. The summed E-state index contributed by atoms with van der Waals surface area (Å²) >= 11 is 5.87. The Morgan fingerprint density at radius 1 is 1.08 bits per heavy atom. The molecule has 0 aliphatic carbocycles. The molecule has 6 heteroatoms. The second kappa shape index (κ2) is 9.18. The Kier molecular flexibility index (Phi) is 6.95. The van der Waals surface area contributed by atoms with Crippen molar-refractivity contribution >= 4 is 23.4 Å². The smallest absolute Gasteiger partial charge is 0.255 e. The van der Waals surface area contributed by atoms with E-state index in [0.717, 1.165) is 12.0 Å². The van der Waals surface area contributed by atoms with Crippen molar-refractivity contribution < 1.29 is 14.0 Å². The summed E-state index contributed by atoms with van der Waals surface area (Å²) in [5.74, 6) is -1.33. The van der Waals surface area contributed by atoms with E-state index in [-0.39, 0.29) is 23.0 Å². The van der Waals surface area contributed by atoms with Gasteiger partial charge in [0.05, 0.1) is 10.6 Å². The molecule has 2 aromatic carbocycles. The van der Waals surface area contributed by atoms with Gasteiger partial charge in [0.1, 0.15) is 5.82 Å². The quantitative estimate of drug-likeness (QED) is 0.821. The molecule has 0 aromatic heterocycles. The average molecular weight is 363 g/mol. The van der Waals surface area contributed by atoms with Gasteiger partial charge in [-0.3, -0.25) is 9.59 Å². The van der Waals surface area contributed by atoms with E-state index in [1.807, 2.05) is 30.3 Å². The van der Waals surface area contributed by atoms with E-state index in [0.29, 0.717) is 13.1 Å². The van der Waals surface area contributed by atoms with Gasteiger partial charge in [0.25, 0.3) is 5.91 Å². The van der Waals surface area contributed by atoms with Gasteiger partial charge in [-0.2, -0.15) is 0 Å². The summed E-state index contributed by atoms with van der Waals surface area (Å²) in [6.45, 7) is 2.61. The van der Waals surface area contributed by atoms with Gasteiger partial charge in [-0.05, 0) is 24.1 Å². The van der Waals surface area contributed by atoms with E-state index in [4.69, 9.17) is 11.6 Å². The number of benzene rings is 2. The average Bonchev–Trinajstić information content (AvgIpc) is 2.58. The summed E-state index contributed by atoms with van der Waals surface area (Å²) in [6, 6.07) is 13.9. The molecular formula is C19H20ClFN2O2. The van der Waals surface area contributed by atoms with Crippen LogP contribution in [0.3, 0.4) is 0 Å². The zero-order chi connectivity index (χ0) is 18.2. The Morgan fingerprint density at radius 3 is 2.44 bits per heavy atom. The van der Waals surface area contributed by atoms with Crippen LogP contribution in [0.15, 0.2) is 48.5 Å². The third kappa shape index (κ3) is 5.57. The van der Waals surface area contributed by atoms with Gasteiger partial charge >= 0.3 is 0 Å². The number of nitrogens with one attached hydrogen (secondary N) is 1. The molecule has 132 valence electrons. The lowest BCUT2D eigenvalue weighted by Gasteiger charge is -2.21. The zero-order valence-electron chi connectivity index (χ0n) is 14.0. The Hall–Kier alpha value is -2.40. The van der Waals surface area contributed by atoms with Crippen LogP contribution >= 0.6 is 11.6 Å². The van der Waals surface area contributed by atoms with Gasteiger partial charge in [-0.15, -0.1) is 0 Å². The number of rotatable bonds is 7. The van der Waals surface area contributed by atoms with Crippen molar-refractivity contribution in [2.45, 2.75) is 13.3 Å². The van der Waals surface area contributed by atoms with Crippen LogP contribution in [-0.4, -0.2) is 36.3 Å². The lowest BCUT2D eigenvalue weighted by Crippen LogP contribution is -2.38. The van der Waals surface area contributed by atoms with Crippen LogP contribution in [0, 0.1) is 5.82 Å². The largest absolute Gasteiger partial charge is 0.350 e. The third-order valence-electron chi connectivity index (χ3n) is 3.82. The normalized spacial score (nSPS) is 10.4. The summed E-state index contributed by atoms with van der Waals surface area (Å²) in [4.78, 5) is 25.5.